The fraction of sp³-hybridized carbons (Fsp3) is 0.429. The number of aliphatic hydroxyl groups is 1. The molecule has 2 rings (SSSR count). The fourth-order valence-corrected chi connectivity index (χ4v) is 2.17. The van der Waals surface area contributed by atoms with Gasteiger partial charge in [0.15, 0.2) is 6.19 Å². The minimum atomic E-state index is -0.780. The van der Waals surface area contributed by atoms with E-state index in [4.69, 9.17) is 10.00 Å². The van der Waals surface area contributed by atoms with Gasteiger partial charge in [-0.2, -0.15) is 5.26 Å². The third-order valence-electron chi connectivity index (χ3n) is 3.19. The van der Waals surface area contributed by atoms with E-state index in [-0.39, 0.29) is 0 Å². The van der Waals surface area contributed by atoms with Crippen LogP contribution in [0.4, 0.5) is 0 Å². The SMILES string of the molecule is CC(=NC1c2ccccc2OC(C)(C)C1O)NC#N. The van der Waals surface area contributed by atoms with Crippen molar-refractivity contribution in [1.82, 2.24) is 5.32 Å². The number of aliphatic imine (C=N–C) groups is 1. The number of rotatable bonds is 1. The molecular weight excluding hydrogens is 242 g/mol. The molecule has 0 fully saturated rings. The number of hydrogen-bond donors (Lipinski definition) is 2. The summed E-state index contributed by atoms with van der Waals surface area (Å²) in [6.07, 6.45) is 1.04. The summed E-state index contributed by atoms with van der Waals surface area (Å²) in [7, 11) is 0. The van der Waals surface area contributed by atoms with Crippen molar-refractivity contribution in [3.63, 3.8) is 0 Å². The number of para-hydroxylation sites is 1. The molecule has 2 N–H and O–H groups in total. The molecule has 5 nitrogen and oxygen atoms in total. The number of aliphatic hydroxyl groups excluding tert-OH is 1. The molecule has 1 aromatic rings. The van der Waals surface area contributed by atoms with Crippen molar-refractivity contribution >= 4 is 5.84 Å². The summed E-state index contributed by atoms with van der Waals surface area (Å²) in [6, 6.07) is 7.05. The van der Waals surface area contributed by atoms with Crippen LogP contribution < -0.4 is 10.1 Å². The van der Waals surface area contributed by atoms with Gasteiger partial charge in [-0.1, -0.05) is 18.2 Å². The van der Waals surface area contributed by atoms with Gasteiger partial charge in [-0.05, 0) is 26.8 Å². The molecule has 1 aliphatic rings. The molecule has 1 aliphatic heterocycles. The van der Waals surface area contributed by atoms with Crippen molar-refractivity contribution in [2.75, 3.05) is 0 Å². The van der Waals surface area contributed by atoms with Crippen LogP contribution in [0.1, 0.15) is 32.4 Å². The lowest BCUT2D eigenvalue weighted by Gasteiger charge is -2.40. The fourth-order valence-electron chi connectivity index (χ4n) is 2.17. The summed E-state index contributed by atoms with van der Waals surface area (Å²) in [5.74, 6) is 1.19. The topological polar surface area (TPSA) is 77.6 Å². The third kappa shape index (κ3) is 2.54. The van der Waals surface area contributed by atoms with Crippen LogP contribution in [0.15, 0.2) is 29.3 Å². The first-order valence-corrected chi connectivity index (χ1v) is 6.11. The van der Waals surface area contributed by atoms with Crippen LogP contribution >= 0.6 is 0 Å². The summed E-state index contributed by atoms with van der Waals surface area (Å²) >= 11 is 0. The van der Waals surface area contributed by atoms with Gasteiger partial charge in [0.05, 0.1) is 0 Å². The van der Waals surface area contributed by atoms with Crippen molar-refractivity contribution in [2.24, 2.45) is 4.99 Å². The standard InChI is InChI=1S/C14H17N3O2/c1-9(16-8-15)17-12-10-6-4-5-7-11(10)19-14(2,3)13(12)18/h4-7,12-13,18H,1-3H3,(H,16,17). The van der Waals surface area contributed by atoms with Crippen LogP contribution in [0.3, 0.4) is 0 Å². The first-order valence-electron chi connectivity index (χ1n) is 6.11. The summed E-state index contributed by atoms with van der Waals surface area (Å²) in [6.45, 7) is 5.34. The zero-order valence-electron chi connectivity index (χ0n) is 11.2. The number of benzene rings is 1. The lowest BCUT2D eigenvalue weighted by atomic mass is 9.87. The lowest BCUT2D eigenvalue weighted by molar-refractivity contribution is -0.0567. The van der Waals surface area contributed by atoms with Crippen LogP contribution in [0, 0.1) is 11.5 Å². The van der Waals surface area contributed by atoms with Crippen LogP contribution in [0.2, 0.25) is 0 Å². The molecule has 100 valence electrons. The number of hydrogen-bond acceptors (Lipinski definition) is 4. The van der Waals surface area contributed by atoms with Crippen molar-refractivity contribution in [3.05, 3.63) is 29.8 Å². The molecule has 2 atom stereocenters. The Balaban J connectivity index is 2.46. The Morgan fingerprint density at radius 2 is 2.16 bits per heavy atom. The quantitative estimate of drug-likeness (QED) is 0.348. The molecular formula is C14H17N3O2. The Labute approximate surface area is 112 Å². The number of nitrogens with one attached hydrogen (secondary N) is 1. The van der Waals surface area contributed by atoms with Crippen LogP contribution in [-0.2, 0) is 0 Å². The van der Waals surface area contributed by atoms with E-state index in [9.17, 15) is 5.11 Å². The van der Waals surface area contributed by atoms with Gasteiger partial charge in [-0.3, -0.25) is 10.3 Å². The normalized spacial score (nSPS) is 24.9. The molecule has 0 saturated carbocycles. The van der Waals surface area contributed by atoms with Crippen LogP contribution in [0.5, 0.6) is 5.75 Å². The Kier molecular flexibility index (Phi) is 3.45. The molecule has 0 radical (unpaired) electrons. The molecule has 19 heavy (non-hydrogen) atoms. The largest absolute Gasteiger partial charge is 0.485 e. The average Bonchev–Trinajstić information content (AvgIpc) is 2.35. The lowest BCUT2D eigenvalue weighted by Crippen LogP contribution is -2.48. The second-order valence-corrected chi connectivity index (χ2v) is 5.08. The predicted octanol–water partition coefficient (Wildman–Crippen LogP) is 1.75. The molecule has 1 heterocycles. The third-order valence-corrected chi connectivity index (χ3v) is 3.19. The van der Waals surface area contributed by atoms with Crippen molar-refractivity contribution < 1.29 is 9.84 Å². The zero-order chi connectivity index (χ0) is 14.0. The number of amidine groups is 1. The average molecular weight is 259 g/mol. The molecule has 1 aromatic carbocycles. The molecule has 5 heteroatoms. The van der Waals surface area contributed by atoms with E-state index in [0.29, 0.717) is 5.84 Å². The highest BCUT2D eigenvalue weighted by atomic mass is 16.5. The molecule has 0 amide bonds. The highest BCUT2D eigenvalue weighted by molar-refractivity contribution is 5.81. The Morgan fingerprint density at radius 3 is 2.84 bits per heavy atom. The summed E-state index contributed by atoms with van der Waals surface area (Å²) < 4.78 is 5.80. The maximum atomic E-state index is 10.4. The van der Waals surface area contributed by atoms with Crippen LogP contribution in [0.25, 0.3) is 0 Å². The molecule has 0 saturated heterocycles. The van der Waals surface area contributed by atoms with Gasteiger partial charge in [0.1, 0.15) is 29.3 Å². The smallest absolute Gasteiger partial charge is 0.182 e. The minimum Gasteiger partial charge on any atom is -0.485 e. The van der Waals surface area contributed by atoms with Gasteiger partial charge < -0.3 is 9.84 Å². The Hall–Kier alpha value is -2.06. The monoisotopic (exact) mass is 259 g/mol. The van der Waals surface area contributed by atoms with E-state index < -0.39 is 17.7 Å². The molecule has 0 bridgehead atoms. The van der Waals surface area contributed by atoms with Crippen LogP contribution in [-0.4, -0.2) is 22.6 Å². The van der Waals surface area contributed by atoms with E-state index in [1.165, 1.54) is 0 Å². The van der Waals surface area contributed by atoms with Crippen molar-refractivity contribution in [2.45, 2.75) is 38.5 Å². The highest BCUT2D eigenvalue weighted by Gasteiger charge is 2.42. The first-order chi connectivity index (χ1) is 8.95. The van der Waals surface area contributed by atoms with Gasteiger partial charge in [0.2, 0.25) is 0 Å². The van der Waals surface area contributed by atoms with E-state index in [0.717, 1.165) is 11.3 Å². The summed E-state index contributed by atoms with van der Waals surface area (Å²) in [5, 5.41) is 21.5. The van der Waals surface area contributed by atoms with Crippen molar-refractivity contribution in [1.29, 1.82) is 5.26 Å². The van der Waals surface area contributed by atoms with E-state index in [1.807, 2.05) is 44.3 Å². The van der Waals surface area contributed by atoms with Gasteiger partial charge in [0.25, 0.3) is 0 Å². The first kappa shape index (κ1) is 13.4. The zero-order valence-corrected chi connectivity index (χ0v) is 11.2. The van der Waals surface area contributed by atoms with Gasteiger partial charge in [0, 0.05) is 5.56 Å². The maximum absolute atomic E-state index is 10.4. The summed E-state index contributed by atoms with van der Waals surface area (Å²) in [5.41, 5.74) is 0.100. The Morgan fingerprint density at radius 1 is 1.47 bits per heavy atom. The van der Waals surface area contributed by atoms with E-state index >= 15 is 0 Å². The van der Waals surface area contributed by atoms with Crippen molar-refractivity contribution in [3.8, 4) is 11.9 Å². The molecule has 0 aromatic heterocycles. The predicted molar refractivity (Wildman–Crippen MR) is 71.8 cm³/mol. The second-order valence-electron chi connectivity index (χ2n) is 5.08. The molecule has 0 spiro atoms. The van der Waals surface area contributed by atoms with E-state index in [2.05, 4.69) is 10.3 Å². The highest BCUT2D eigenvalue weighted by Crippen LogP contribution is 2.41. The number of fused-ring (bicyclic) bond motifs is 1. The second kappa shape index (κ2) is 4.90. The molecule has 0 aliphatic carbocycles. The van der Waals surface area contributed by atoms with Gasteiger partial charge in [-0.25, -0.2) is 0 Å². The molecule has 2 unspecified atom stereocenters. The maximum Gasteiger partial charge on any atom is 0.182 e. The van der Waals surface area contributed by atoms with E-state index in [1.54, 1.807) is 6.92 Å². The van der Waals surface area contributed by atoms with Gasteiger partial charge in [-0.15, -0.1) is 0 Å². The number of nitriles is 1. The minimum absolute atomic E-state index is 0.444. The number of ether oxygens (including phenoxy) is 1. The summed E-state index contributed by atoms with van der Waals surface area (Å²) in [4.78, 5) is 4.40. The number of nitrogens with zero attached hydrogens (tertiary/aromatic N) is 2. The van der Waals surface area contributed by atoms with Gasteiger partial charge >= 0.3 is 0 Å². The Bertz CT molecular complexity index is 546.